The first-order valence-corrected chi connectivity index (χ1v) is 6.05. The largest absolute Gasteiger partial charge is 0.348 e. The monoisotopic (exact) mass is 258 g/mol. The van der Waals surface area contributed by atoms with Crippen LogP contribution in [-0.4, -0.2) is 54.0 Å². The minimum atomic E-state index is -0.725. The summed E-state index contributed by atoms with van der Waals surface area (Å²) in [6.45, 7) is 9.83. The van der Waals surface area contributed by atoms with Crippen LogP contribution in [0.1, 0.15) is 20.8 Å². The molecule has 104 valence electrons. The van der Waals surface area contributed by atoms with Crippen LogP contribution in [0.3, 0.4) is 0 Å². The van der Waals surface area contributed by atoms with Crippen LogP contribution in [0.15, 0.2) is 12.7 Å². The van der Waals surface area contributed by atoms with Gasteiger partial charge in [0, 0.05) is 18.4 Å². The van der Waals surface area contributed by atoms with E-state index < -0.39 is 11.8 Å². The molecule has 0 spiro atoms. The van der Waals surface area contributed by atoms with Crippen LogP contribution in [0.5, 0.6) is 0 Å². The number of hydrogen-bond acceptors (Lipinski definition) is 5. The lowest BCUT2D eigenvalue weighted by molar-refractivity contribution is -0.528. The van der Waals surface area contributed by atoms with Gasteiger partial charge in [-0.2, -0.15) is 0 Å². The lowest BCUT2D eigenvalue weighted by Crippen LogP contribution is -2.52. The summed E-state index contributed by atoms with van der Waals surface area (Å²) in [6, 6.07) is -1.06. The zero-order valence-corrected chi connectivity index (χ0v) is 11.5. The summed E-state index contributed by atoms with van der Waals surface area (Å²) < 4.78 is 11.2. The van der Waals surface area contributed by atoms with E-state index in [-0.39, 0.29) is 17.1 Å². The smallest absolute Gasteiger partial charge is 0.228 e. The molecule has 1 aliphatic rings. The predicted molar refractivity (Wildman–Crippen MR) is 68.0 cm³/mol. The third kappa shape index (κ3) is 3.51. The molecule has 6 nitrogen and oxygen atoms in total. The molecule has 1 fully saturated rings. The molecular formula is C12H22N2O4. The van der Waals surface area contributed by atoms with E-state index in [2.05, 4.69) is 6.58 Å². The topological polar surface area (TPSA) is 64.8 Å². The summed E-state index contributed by atoms with van der Waals surface area (Å²) in [5.41, 5.74) is 0. The van der Waals surface area contributed by atoms with Crippen molar-refractivity contribution in [3.8, 4) is 0 Å². The van der Waals surface area contributed by atoms with Gasteiger partial charge in [0.2, 0.25) is 6.04 Å². The quantitative estimate of drug-likeness (QED) is 0.408. The second-order valence-corrected chi connectivity index (χ2v) is 5.11. The Hall–Kier alpha value is -0.980. The van der Waals surface area contributed by atoms with Gasteiger partial charge >= 0.3 is 0 Å². The molecule has 0 bridgehead atoms. The van der Waals surface area contributed by atoms with Crippen molar-refractivity contribution in [2.75, 3.05) is 20.2 Å². The van der Waals surface area contributed by atoms with E-state index >= 15 is 0 Å². The number of nitro groups is 1. The zero-order chi connectivity index (χ0) is 13.9. The van der Waals surface area contributed by atoms with Gasteiger partial charge in [-0.15, -0.1) is 6.58 Å². The number of hydrogen-bond donors (Lipinski definition) is 0. The van der Waals surface area contributed by atoms with Crippen molar-refractivity contribution >= 4 is 0 Å². The van der Waals surface area contributed by atoms with Crippen molar-refractivity contribution in [2.24, 2.45) is 0 Å². The van der Waals surface area contributed by atoms with Gasteiger partial charge in [0.1, 0.15) is 12.1 Å². The Bertz CT molecular complexity index is 319. The average molecular weight is 258 g/mol. The normalized spacial score (nSPS) is 25.9. The molecule has 3 atom stereocenters. The Morgan fingerprint density at radius 2 is 2.28 bits per heavy atom. The fourth-order valence-electron chi connectivity index (χ4n) is 2.30. The van der Waals surface area contributed by atoms with Gasteiger partial charge in [-0.1, -0.05) is 6.08 Å². The summed E-state index contributed by atoms with van der Waals surface area (Å²) in [6.07, 6.45) is 1.42. The Kier molecular flexibility index (Phi) is 4.84. The van der Waals surface area contributed by atoms with Crippen LogP contribution >= 0.6 is 0 Å². The highest BCUT2D eigenvalue weighted by Gasteiger charge is 2.44. The third-order valence-corrected chi connectivity index (χ3v) is 3.16. The second kappa shape index (κ2) is 5.77. The van der Waals surface area contributed by atoms with Crippen LogP contribution in [0.25, 0.3) is 0 Å². The first-order valence-electron chi connectivity index (χ1n) is 6.05. The fourth-order valence-corrected chi connectivity index (χ4v) is 2.30. The Morgan fingerprint density at radius 1 is 1.67 bits per heavy atom. The summed E-state index contributed by atoms with van der Waals surface area (Å²) in [4.78, 5) is 12.6. The Morgan fingerprint density at radius 3 is 2.67 bits per heavy atom. The minimum absolute atomic E-state index is 0.279. The SMILES string of the molecule is C=CCN(C)[C@@H]([C@@H](C)[N+](=O)[O-])[C@H]1COC(C)(C)O1. The molecule has 0 aromatic carbocycles. The van der Waals surface area contributed by atoms with E-state index in [0.717, 1.165) is 0 Å². The van der Waals surface area contributed by atoms with Gasteiger partial charge in [-0.25, -0.2) is 0 Å². The standard InChI is InChI=1S/C12H22N2O4/c1-6-7-13(5)11(9(2)14(15)16)10-8-17-12(3,4)18-10/h6,9-11H,1,7-8H2,2-5H3/t9-,10-,11+/m1/s1. The molecule has 0 aromatic heterocycles. The van der Waals surface area contributed by atoms with Gasteiger partial charge in [0.05, 0.1) is 6.61 Å². The number of ether oxygens (including phenoxy) is 2. The molecule has 0 unspecified atom stereocenters. The first kappa shape index (κ1) is 15.1. The van der Waals surface area contributed by atoms with Gasteiger partial charge in [0.15, 0.2) is 5.79 Å². The molecule has 1 aliphatic heterocycles. The highest BCUT2D eigenvalue weighted by Crippen LogP contribution is 2.27. The molecular weight excluding hydrogens is 236 g/mol. The van der Waals surface area contributed by atoms with Crippen molar-refractivity contribution in [2.45, 2.75) is 44.7 Å². The number of nitrogens with zero attached hydrogens (tertiary/aromatic N) is 2. The molecule has 0 N–H and O–H groups in total. The highest BCUT2D eigenvalue weighted by atomic mass is 16.7. The van der Waals surface area contributed by atoms with Crippen molar-refractivity contribution in [3.05, 3.63) is 22.8 Å². The van der Waals surface area contributed by atoms with E-state index in [1.165, 1.54) is 0 Å². The van der Waals surface area contributed by atoms with Crippen LogP contribution in [0.4, 0.5) is 0 Å². The van der Waals surface area contributed by atoms with Crippen molar-refractivity contribution in [3.63, 3.8) is 0 Å². The average Bonchev–Trinajstić information content (AvgIpc) is 2.59. The van der Waals surface area contributed by atoms with Crippen LogP contribution in [-0.2, 0) is 9.47 Å². The highest BCUT2D eigenvalue weighted by molar-refractivity contribution is 4.89. The van der Waals surface area contributed by atoms with E-state index in [1.807, 2.05) is 25.8 Å². The van der Waals surface area contributed by atoms with E-state index in [4.69, 9.17) is 9.47 Å². The number of rotatable bonds is 6. The lowest BCUT2D eigenvalue weighted by atomic mass is 10.0. The first-order chi connectivity index (χ1) is 8.28. The van der Waals surface area contributed by atoms with Crippen molar-refractivity contribution in [1.29, 1.82) is 0 Å². The van der Waals surface area contributed by atoms with Gasteiger partial charge in [-0.3, -0.25) is 15.0 Å². The van der Waals surface area contributed by atoms with Gasteiger partial charge in [0.25, 0.3) is 0 Å². The summed E-state index contributed by atoms with van der Waals surface area (Å²) in [5, 5.41) is 11.0. The molecule has 1 saturated heterocycles. The van der Waals surface area contributed by atoms with E-state index in [9.17, 15) is 10.1 Å². The summed E-state index contributed by atoms with van der Waals surface area (Å²) in [5.74, 6) is -0.672. The second-order valence-electron chi connectivity index (χ2n) is 5.11. The van der Waals surface area contributed by atoms with Crippen LogP contribution in [0.2, 0.25) is 0 Å². The lowest BCUT2D eigenvalue weighted by Gasteiger charge is -2.31. The van der Waals surface area contributed by atoms with Gasteiger partial charge in [-0.05, 0) is 20.9 Å². The summed E-state index contributed by atoms with van der Waals surface area (Å²) >= 11 is 0. The molecule has 0 amide bonds. The zero-order valence-electron chi connectivity index (χ0n) is 11.5. The molecule has 18 heavy (non-hydrogen) atoms. The molecule has 0 aromatic rings. The van der Waals surface area contributed by atoms with E-state index in [0.29, 0.717) is 13.2 Å². The molecule has 6 heteroatoms. The predicted octanol–water partition coefficient (Wildman–Crippen LogP) is 1.29. The molecule has 0 aliphatic carbocycles. The number of likely N-dealkylation sites (N-methyl/N-ethyl adjacent to an activating group) is 1. The van der Waals surface area contributed by atoms with E-state index in [1.54, 1.807) is 13.0 Å². The van der Waals surface area contributed by atoms with Crippen molar-refractivity contribution < 1.29 is 14.4 Å². The van der Waals surface area contributed by atoms with Crippen LogP contribution < -0.4 is 0 Å². The Balaban J connectivity index is 2.84. The van der Waals surface area contributed by atoms with Gasteiger partial charge < -0.3 is 9.47 Å². The Labute approximate surface area is 108 Å². The summed E-state index contributed by atoms with van der Waals surface area (Å²) in [7, 11) is 1.83. The minimum Gasteiger partial charge on any atom is -0.348 e. The maximum absolute atomic E-state index is 11.0. The molecule has 0 radical (unpaired) electrons. The fraction of sp³-hybridized carbons (Fsp3) is 0.833. The molecule has 0 saturated carbocycles. The maximum Gasteiger partial charge on any atom is 0.228 e. The molecule has 1 rings (SSSR count). The third-order valence-electron chi connectivity index (χ3n) is 3.16. The molecule has 1 heterocycles. The maximum atomic E-state index is 11.0. The van der Waals surface area contributed by atoms with Crippen LogP contribution in [0, 0.1) is 10.1 Å². The van der Waals surface area contributed by atoms with Crippen molar-refractivity contribution in [1.82, 2.24) is 4.90 Å².